The Labute approximate surface area is 138 Å². The van der Waals surface area contributed by atoms with Crippen LogP contribution in [0.1, 0.15) is 21.5 Å². The fourth-order valence-corrected chi connectivity index (χ4v) is 2.44. The molecule has 0 aliphatic heterocycles. The molecule has 5 nitrogen and oxygen atoms in total. The van der Waals surface area contributed by atoms with Gasteiger partial charge in [-0.3, -0.25) is 4.79 Å². The van der Waals surface area contributed by atoms with Crippen molar-refractivity contribution in [3.05, 3.63) is 69.6 Å². The molecule has 0 saturated heterocycles. The topological polar surface area (TPSA) is 68.5 Å². The summed E-state index contributed by atoms with van der Waals surface area (Å²) in [6.45, 7) is 3.83. The number of hydrogen-bond acceptors (Lipinski definition) is 4. The molecule has 1 aromatic heterocycles. The minimum Gasteiger partial charge on any atom is -0.497 e. The second-order valence-corrected chi connectivity index (χ2v) is 5.62. The Morgan fingerprint density at radius 3 is 2.62 bits per heavy atom. The molecular weight excluding hydrogens is 306 g/mol. The third-order valence-electron chi connectivity index (χ3n) is 3.83. The maximum absolute atomic E-state index is 12.5. The van der Waals surface area contributed by atoms with E-state index in [4.69, 9.17) is 9.15 Å². The predicted octanol–water partition coefficient (Wildman–Crippen LogP) is 3.67. The van der Waals surface area contributed by atoms with Gasteiger partial charge in [0.15, 0.2) is 0 Å². The van der Waals surface area contributed by atoms with Crippen molar-refractivity contribution >= 4 is 22.6 Å². The Bertz CT molecular complexity index is 988. The second-order valence-electron chi connectivity index (χ2n) is 5.62. The van der Waals surface area contributed by atoms with Crippen LogP contribution < -0.4 is 15.7 Å². The molecule has 0 radical (unpaired) electrons. The summed E-state index contributed by atoms with van der Waals surface area (Å²) in [5.41, 5.74) is 2.28. The van der Waals surface area contributed by atoms with Gasteiger partial charge in [-0.15, -0.1) is 0 Å². The zero-order valence-electron chi connectivity index (χ0n) is 13.7. The summed E-state index contributed by atoms with van der Waals surface area (Å²) < 4.78 is 10.4. The van der Waals surface area contributed by atoms with Crippen LogP contribution in [0.2, 0.25) is 0 Å². The summed E-state index contributed by atoms with van der Waals surface area (Å²) in [4.78, 5) is 24.6. The predicted molar refractivity (Wildman–Crippen MR) is 92.9 cm³/mol. The smallest absolute Gasteiger partial charge is 0.349 e. The number of methoxy groups -OCH3 is 1. The van der Waals surface area contributed by atoms with Gasteiger partial charge < -0.3 is 14.5 Å². The second kappa shape index (κ2) is 6.20. The fourth-order valence-electron chi connectivity index (χ4n) is 2.44. The Hall–Kier alpha value is -3.08. The molecule has 0 fully saturated rings. The number of carbonyl (C=O) groups excluding carboxylic acids is 1. The molecule has 3 rings (SSSR count). The number of benzene rings is 2. The molecule has 1 N–H and O–H groups in total. The van der Waals surface area contributed by atoms with Crippen molar-refractivity contribution in [2.45, 2.75) is 13.8 Å². The highest BCUT2D eigenvalue weighted by atomic mass is 16.5. The van der Waals surface area contributed by atoms with Gasteiger partial charge in [-0.2, -0.15) is 0 Å². The van der Waals surface area contributed by atoms with E-state index >= 15 is 0 Å². The molecule has 122 valence electrons. The van der Waals surface area contributed by atoms with E-state index in [1.807, 2.05) is 32.0 Å². The highest BCUT2D eigenvalue weighted by molar-refractivity contribution is 6.05. The van der Waals surface area contributed by atoms with Gasteiger partial charge in [0.05, 0.1) is 7.11 Å². The van der Waals surface area contributed by atoms with Crippen LogP contribution >= 0.6 is 0 Å². The van der Waals surface area contributed by atoms with Gasteiger partial charge in [0.1, 0.15) is 16.9 Å². The number of ether oxygens (including phenoxy) is 1. The van der Waals surface area contributed by atoms with E-state index in [2.05, 4.69) is 5.32 Å². The molecule has 3 aromatic rings. The van der Waals surface area contributed by atoms with E-state index < -0.39 is 11.5 Å². The first-order chi connectivity index (χ1) is 11.5. The summed E-state index contributed by atoms with van der Waals surface area (Å²) >= 11 is 0. The highest BCUT2D eigenvalue weighted by Crippen LogP contribution is 2.21. The van der Waals surface area contributed by atoms with Crippen LogP contribution in [0, 0.1) is 13.8 Å². The van der Waals surface area contributed by atoms with Gasteiger partial charge in [0.2, 0.25) is 0 Å². The molecule has 0 bridgehead atoms. The Kier molecular flexibility index (Phi) is 4.08. The lowest BCUT2D eigenvalue weighted by molar-refractivity contribution is 0.102. The fraction of sp³-hybridized carbons (Fsp3) is 0.158. The average Bonchev–Trinajstić information content (AvgIpc) is 2.56. The van der Waals surface area contributed by atoms with Gasteiger partial charge in [0, 0.05) is 17.1 Å². The van der Waals surface area contributed by atoms with E-state index in [1.54, 1.807) is 18.2 Å². The summed E-state index contributed by atoms with van der Waals surface area (Å²) in [6, 6.07) is 12.4. The first-order valence-electron chi connectivity index (χ1n) is 7.48. The van der Waals surface area contributed by atoms with E-state index in [0.29, 0.717) is 22.4 Å². The number of carbonyl (C=O) groups is 1. The molecule has 0 saturated carbocycles. The van der Waals surface area contributed by atoms with Crippen molar-refractivity contribution in [3.8, 4) is 5.75 Å². The van der Waals surface area contributed by atoms with Crippen LogP contribution in [0.4, 0.5) is 5.69 Å². The Morgan fingerprint density at radius 1 is 1.08 bits per heavy atom. The van der Waals surface area contributed by atoms with Crippen molar-refractivity contribution in [1.82, 2.24) is 0 Å². The van der Waals surface area contributed by atoms with Gasteiger partial charge in [0.25, 0.3) is 5.91 Å². The number of nitrogens with one attached hydrogen (secondary N) is 1. The van der Waals surface area contributed by atoms with Gasteiger partial charge in [-0.25, -0.2) is 4.79 Å². The van der Waals surface area contributed by atoms with Crippen LogP contribution in [-0.2, 0) is 0 Å². The number of amides is 1. The lowest BCUT2D eigenvalue weighted by atomic mass is 10.1. The van der Waals surface area contributed by atoms with E-state index in [1.165, 1.54) is 13.2 Å². The summed E-state index contributed by atoms with van der Waals surface area (Å²) in [6.07, 6.45) is 0. The molecule has 0 aliphatic rings. The minimum atomic E-state index is -0.682. The number of fused-ring (bicyclic) bond motifs is 1. The van der Waals surface area contributed by atoms with Crippen molar-refractivity contribution in [3.63, 3.8) is 0 Å². The molecule has 2 aromatic carbocycles. The molecule has 24 heavy (non-hydrogen) atoms. The SMILES string of the molecule is COc1ccc2cc(C(=O)Nc3cc(C)ccc3C)c(=O)oc2c1. The zero-order chi connectivity index (χ0) is 17.3. The maximum atomic E-state index is 12.5. The first kappa shape index (κ1) is 15.8. The third kappa shape index (κ3) is 3.01. The Balaban J connectivity index is 1.99. The molecular formula is C19H17NO4. The van der Waals surface area contributed by atoms with Crippen molar-refractivity contribution in [2.75, 3.05) is 12.4 Å². The van der Waals surface area contributed by atoms with Crippen LogP contribution in [-0.4, -0.2) is 13.0 Å². The molecule has 0 spiro atoms. The molecule has 1 amide bonds. The number of rotatable bonds is 3. The van der Waals surface area contributed by atoms with Crippen LogP contribution in [0.15, 0.2) is 51.7 Å². The van der Waals surface area contributed by atoms with Gasteiger partial charge >= 0.3 is 5.63 Å². The highest BCUT2D eigenvalue weighted by Gasteiger charge is 2.15. The van der Waals surface area contributed by atoms with Crippen molar-refractivity contribution in [2.24, 2.45) is 0 Å². The lowest BCUT2D eigenvalue weighted by Crippen LogP contribution is -2.21. The zero-order valence-corrected chi connectivity index (χ0v) is 13.7. The van der Waals surface area contributed by atoms with Crippen LogP contribution in [0.5, 0.6) is 5.75 Å². The first-order valence-corrected chi connectivity index (χ1v) is 7.48. The summed E-state index contributed by atoms with van der Waals surface area (Å²) in [7, 11) is 1.53. The lowest BCUT2D eigenvalue weighted by Gasteiger charge is -2.09. The van der Waals surface area contributed by atoms with E-state index in [9.17, 15) is 9.59 Å². The van der Waals surface area contributed by atoms with Crippen LogP contribution in [0.3, 0.4) is 0 Å². The summed E-state index contributed by atoms with van der Waals surface area (Å²) in [5.74, 6) is 0.0911. The van der Waals surface area contributed by atoms with E-state index in [0.717, 1.165) is 11.1 Å². The Morgan fingerprint density at radius 2 is 1.88 bits per heavy atom. The summed E-state index contributed by atoms with van der Waals surface area (Å²) in [5, 5.41) is 3.43. The normalized spacial score (nSPS) is 10.6. The monoisotopic (exact) mass is 323 g/mol. The third-order valence-corrected chi connectivity index (χ3v) is 3.83. The van der Waals surface area contributed by atoms with Gasteiger partial charge in [-0.05, 0) is 49.2 Å². The van der Waals surface area contributed by atoms with Crippen LogP contribution in [0.25, 0.3) is 11.0 Å². The molecule has 1 heterocycles. The molecule has 0 unspecified atom stereocenters. The molecule has 0 aliphatic carbocycles. The maximum Gasteiger partial charge on any atom is 0.349 e. The van der Waals surface area contributed by atoms with Crippen molar-refractivity contribution in [1.29, 1.82) is 0 Å². The number of aryl methyl sites for hydroxylation is 2. The number of anilines is 1. The van der Waals surface area contributed by atoms with E-state index in [-0.39, 0.29) is 5.56 Å². The van der Waals surface area contributed by atoms with Crippen molar-refractivity contribution < 1.29 is 13.9 Å². The standard InChI is InChI=1S/C19H17NO4/c1-11-4-5-12(2)16(8-11)20-18(21)15-9-13-6-7-14(23-3)10-17(13)24-19(15)22/h4-10H,1-3H3,(H,20,21). The largest absolute Gasteiger partial charge is 0.497 e. The number of hydrogen-bond donors (Lipinski definition) is 1. The quantitative estimate of drug-likeness (QED) is 0.747. The average molecular weight is 323 g/mol. The molecule has 0 atom stereocenters. The van der Waals surface area contributed by atoms with Gasteiger partial charge in [-0.1, -0.05) is 12.1 Å². The minimum absolute atomic E-state index is 0.0337. The molecule has 5 heteroatoms.